The number of halogens is 1. The molecule has 0 radical (unpaired) electrons. The van der Waals surface area contributed by atoms with E-state index in [0.29, 0.717) is 5.11 Å². The van der Waals surface area contributed by atoms with Gasteiger partial charge in [0.15, 0.2) is 5.11 Å². The number of hydrogen-bond donors (Lipinski definition) is 2. The lowest BCUT2D eigenvalue weighted by molar-refractivity contribution is 0.703. The molecule has 0 spiro atoms. The smallest absolute Gasteiger partial charge is 0.166 e. The van der Waals surface area contributed by atoms with E-state index in [0.717, 1.165) is 16.8 Å². The van der Waals surface area contributed by atoms with E-state index in [2.05, 4.69) is 69.9 Å². The molecule has 22 heavy (non-hydrogen) atoms. The van der Waals surface area contributed by atoms with Crippen LogP contribution < -0.4 is 10.6 Å². The molecule has 0 amide bonds. The van der Waals surface area contributed by atoms with E-state index >= 15 is 0 Å². The number of rotatable bonds is 6. The van der Waals surface area contributed by atoms with E-state index in [1.54, 1.807) is 0 Å². The molecule has 0 aliphatic rings. The Bertz CT molecular complexity index is 587. The summed E-state index contributed by atoms with van der Waals surface area (Å²) in [5.74, 6) is 0.985. The Balaban J connectivity index is 1.68. The summed E-state index contributed by atoms with van der Waals surface area (Å²) in [4.78, 5) is 1.28. The monoisotopic (exact) mass is 394 g/mol. The van der Waals surface area contributed by atoms with Crippen molar-refractivity contribution >= 4 is 45.0 Å². The molecule has 5 heteroatoms. The summed E-state index contributed by atoms with van der Waals surface area (Å²) in [5.41, 5.74) is 1.21. The summed E-state index contributed by atoms with van der Waals surface area (Å²) in [5, 5.41) is 7.26. The van der Waals surface area contributed by atoms with Crippen LogP contribution >= 0.6 is 39.9 Å². The third kappa shape index (κ3) is 5.99. The van der Waals surface area contributed by atoms with Gasteiger partial charge in [-0.25, -0.2) is 0 Å². The lowest BCUT2D eigenvalue weighted by atomic mass is 10.1. The first-order valence-electron chi connectivity index (χ1n) is 7.13. The van der Waals surface area contributed by atoms with E-state index < -0.39 is 0 Å². The quantitative estimate of drug-likeness (QED) is 0.418. The fraction of sp³-hybridized carbons (Fsp3) is 0.235. The number of thioether (sulfide) groups is 1. The van der Waals surface area contributed by atoms with E-state index in [-0.39, 0.29) is 6.04 Å². The molecule has 2 aromatic carbocycles. The van der Waals surface area contributed by atoms with Crippen molar-refractivity contribution in [2.75, 3.05) is 12.3 Å². The van der Waals surface area contributed by atoms with Crippen LogP contribution in [0.5, 0.6) is 0 Å². The Hall–Kier alpha value is -1.04. The molecule has 0 aliphatic carbocycles. The van der Waals surface area contributed by atoms with Crippen molar-refractivity contribution in [1.29, 1.82) is 0 Å². The number of benzene rings is 2. The molecule has 2 aromatic rings. The fourth-order valence-corrected chi connectivity index (χ4v) is 3.27. The molecular formula is C17H19BrN2S2. The van der Waals surface area contributed by atoms with Crippen molar-refractivity contribution in [1.82, 2.24) is 10.6 Å². The minimum absolute atomic E-state index is 0.190. The minimum Gasteiger partial charge on any atom is -0.362 e. The van der Waals surface area contributed by atoms with Gasteiger partial charge < -0.3 is 10.6 Å². The fourth-order valence-electron chi connectivity index (χ4n) is 1.93. The van der Waals surface area contributed by atoms with E-state index in [1.165, 1.54) is 10.5 Å². The molecule has 0 bridgehead atoms. The largest absolute Gasteiger partial charge is 0.362 e. The highest BCUT2D eigenvalue weighted by atomic mass is 79.9. The van der Waals surface area contributed by atoms with Crippen LogP contribution in [0.15, 0.2) is 64.0 Å². The van der Waals surface area contributed by atoms with Crippen LogP contribution in [0, 0.1) is 0 Å². The SMILES string of the molecule is C[C@H](NC(=S)NCCSc1ccccc1)c1ccc(Br)cc1. The highest BCUT2D eigenvalue weighted by Crippen LogP contribution is 2.17. The van der Waals surface area contributed by atoms with Crippen LogP contribution in [-0.4, -0.2) is 17.4 Å². The molecule has 0 fully saturated rings. The maximum atomic E-state index is 5.35. The summed E-state index contributed by atoms with van der Waals surface area (Å²) in [6.45, 7) is 2.95. The van der Waals surface area contributed by atoms with Crippen LogP contribution in [0.25, 0.3) is 0 Å². The third-order valence-corrected chi connectivity index (χ3v) is 4.92. The van der Waals surface area contributed by atoms with Crippen LogP contribution in [0.2, 0.25) is 0 Å². The second kappa shape index (κ2) is 9.18. The maximum absolute atomic E-state index is 5.35. The summed E-state index contributed by atoms with van der Waals surface area (Å²) in [7, 11) is 0. The molecule has 2 nitrogen and oxygen atoms in total. The van der Waals surface area contributed by atoms with Crippen molar-refractivity contribution in [2.45, 2.75) is 17.9 Å². The Morgan fingerprint density at radius 2 is 1.82 bits per heavy atom. The number of hydrogen-bond acceptors (Lipinski definition) is 2. The van der Waals surface area contributed by atoms with E-state index in [1.807, 2.05) is 30.0 Å². The maximum Gasteiger partial charge on any atom is 0.166 e. The van der Waals surface area contributed by atoms with E-state index in [4.69, 9.17) is 12.2 Å². The predicted molar refractivity (Wildman–Crippen MR) is 103 cm³/mol. The number of thiocarbonyl (C=S) groups is 1. The normalized spacial score (nSPS) is 11.7. The molecule has 0 saturated carbocycles. The van der Waals surface area contributed by atoms with Crippen LogP contribution in [0.1, 0.15) is 18.5 Å². The van der Waals surface area contributed by atoms with Gasteiger partial charge >= 0.3 is 0 Å². The third-order valence-electron chi connectivity index (χ3n) is 3.12. The molecule has 0 aromatic heterocycles. The van der Waals surface area contributed by atoms with Gasteiger partial charge in [-0.05, 0) is 49.0 Å². The Morgan fingerprint density at radius 1 is 1.14 bits per heavy atom. The van der Waals surface area contributed by atoms with Crippen LogP contribution in [0.3, 0.4) is 0 Å². The highest BCUT2D eigenvalue weighted by molar-refractivity contribution is 9.10. The molecule has 2 N–H and O–H groups in total. The second-order valence-corrected chi connectivity index (χ2v) is 7.33. The average molecular weight is 395 g/mol. The van der Waals surface area contributed by atoms with Gasteiger partial charge in [0, 0.05) is 21.7 Å². The molecule has 1 atom stereocenters. The predicted octanol–water partition coefficient (Wildman–Crippen LogP) is 4.77. The van der Waals surface area contributed by atoms with Gasteiger partial charge in [0.25, 0.3) is 0 Å². The number of nitrogens with one attached hydrogen (secondary N) is 2. The summed E-state index contributed by atoms with van der Waals surface area (Å²) in [6.07, 6.45) is 0. The zero-order valence-corrected chi connectivity index (χ0v) is 15.6. The first-order valence-corrected chi connectivity index (χ1v) is 9.31. The average Bonchev–Trinajstić information content (AvgIpc) is 2.53. The summed E-state index contributed by atoms with van der Waals surface area (Å²) >= 11 is 10.6. The molecular weight excluding hydrogens is 376 g/mol. The van der Waals surface area contributed by atoms with Crippen LogP contribution in [-0.2, 0) is 0 Å². The zero-order chi connectivity index (χ0) is 15.8. The van der Waals surface area contributed by atoms with E-state index in [9.17, 15) is 0 Å². The summed E-state index contributed by atoms with van der Waals surface area (Å²) in [6, 6.07) is 18.9. The molecule has 116 valence electrons. The molecule has 0 unspecified atom stereocenters. The van der Waals surface area contributed by atoms with Gasteiger partial charge in [-0.2, -0.15) is 0 Å². The lowest BCUT2D eigenvalue weighted by Crippen LogP contribution is -2.37. The zero-order valence-electron chi connectivity index (χ0n) is 12.4. The van der Waals surface area contributed by atoms with Gasteiger partial charge in [0.2, 0.25) is 0 Å². The van der Waals surface area contributed by atoms with Crippen molar-refractivity contribution in [2.24, 2.45) is 0 Å². The van der Waals surface area contributed by atoms with Gasteiger partial charge in [-0.3, -0.25) is 0 Å². The Morgan fingerprint density at radius 3 is 2.50 bits per heavy atom. The van der Waals surface area contributed by atoms with Crippen molar-refractivity contribution in [3.8, 4) is 0 Å². The Labute approximate surface area is 150 Å². The molecule has 2 rings (SSSR count). The topological polar surface area (TPSA) is 24.1 Å². The second-order valence-electron chi connectivity index (χ2n) is 4.83. The van der Waals surface area contributed by atoms with Crippen molar-refractivity contribution < 1.29 is 0 Å². The van der Waals surface area contributed by atoms with Gasteiger partial charge in [0.1, 0.15) is 0 Å². The molecule has 0 aliphatic heterocycles. The highest BCUT2D eigenvalue weighted by Gasteiger charge is 2.06. The van der Waals surface area contributed by atoms with Gasteiger partial charge in [-0.15, -0.1) is 11.8 Å². The standard InChI is InChI=1S/C17H19BrN2S2/c1-13(14-7-9-15(18)10-8-14)20-17(21)19-11-12-22-16-5-3-2-4-6-16/h2-10,13H,11-12H2,1H3,(H2,19,20,21)/t13-/m0/s1. The van der Waals surface area contributed by atoms with Gasteiger partial charge in [-0.1, -0.05) is 46.3 Å². The lowest BCUT2D eigenvalue weighted by Gasteiger charge is -2.17. The first kappa shape index (κ1) is 17.3. The molecule has 0 saturated heterocycles. The van der Waals surface area contributed by atoms with Gasteiger partial charge in [0.05, 0.1) is 6.04 Å². The summed E-state index contributed by atoms with van der Waals surface area (Å²) < 4.78 is 1.09. The van der Waals surface area contributed by atoms with Crippen LogP contribution in [0.4, 0.5) is 0 Å². The Kier molecular flexibility index (Phi) is 7.22. The van der Waals surface area contributed by atoms with Crippen molar-refractivity contribution in [3.05, 3.63) is 64.6 Å². The van der Waals surface area contributed by atoms with Crippen molar-refractivity contribution in [3.63, 3.8) is 0 Å². The minimum atomic E-state index is 0.190. The first-order chi connectivity index (χ1) is 10.6. The molecule has 0 heterocycles.